The van der Waals surface area contributed by atoms with Crippen LogP contribution in [0, 0.1) is 0 Å². The highest BCUT2D eigenvalue weighted by Crippen LogP contribution is 1.74. The molecule has 8 heavy (non-hydrogen) atoms. The standard InChI is InChI=1S/C4H8O.C2H4O/c1-2-3-4-5;1-2-3/h4H,2-3H2,1H3;2H,1H3. The fourth-order valence-electron chi connectivity index (χ4n) is 0.118. The van der Waals surface area contributed by atoms with Crippen LogP contribution in [0.25, 0.3) is 0 Å². The van der Waals surface area contributed by atoms with Crippen molar-refractivity contribution in [3.63, 3.8) is 0 Å². The summed E-state index contributed by atoms with van der Waals surface area (Å²) in [5, 5.41) is 0. The topological polar surface area (TPSA) is 34.1 Å². The molecule has 0 unspecified atom stereocenters. The van der Waals surface area contributed by atoms with Gasteiger partial charge in [0, 0.05) is 6.42 Å². The van der Waals surface area contributed by atoms with E-state index in [1.54, 1.807) is 0 Å². The Hall–Kier alpha value is -0.660. The minimum Gasteiger partial charge on any atom is -0.304 e. The molecule has 0 saturated heterocycles. The molecule has 0 aromatic carbocycles. The van der Waals surface area contributed by atoms with Gasteiger partial charge in [0.15, 0.2) is 0 Å². The zero-order valence-corrected chi connectivity index (χ0v) is 5.39. The molecule has 0 amide bonds. The lowest BCUT2D eigenvalue weighted by molar-refractivity contribution is -0.108. The molecule has 2 heteroatoms. The average molecular weight is 116 g/mol. The van der Waals surface area contributed by atoms with Crippen molar-refractivity contribution in [3.05, 3.63) is 0 Å². The summed E-state index contributed by atoms with van der Waals surface area (Å²) in [7, 11) is 0. The normalized spacial score (nSPS) is 6.25. The van der Waals surface area contributed by atoms with Crippen LogP contribution in [0.2, 0.25) is 0 Å². The Labute approximate surface area is 49.9 Å². The molecule has 0 spiro atoms. The van der Waals surface area contributed by atoms with E-state index in [2.05, 4.69) is 0 Å². The Balaban J connectivity index is 0. The number of hydrogen-bond donors (Lipinski definition) is 0. The largest absolute Gasteiger partial charge is 0.304 e. The molecule has 0 aromatic rings. The van der Waals surface area contributed by atoms with Crippen molar-refractivity contribution in [2.75, 3.05) is 0 Å². The lowest BCUT2D eigenvalue weighted by Crippen LogP contribution is -1.64. The third kappa shape index (κ3) is 56.0. The zero-order valence-electron chi connectivity index (χ0n) is 5.39. The van der Waals surface area contributed by atoms with Gasteiger partial charge in [-0.15, -0.1) is 0 Å². The molecule has 0 fully saturated rings. The first-order chi connectivity index (χ1) is 3.83. The van der Waals surface area contributed by atoms with Gasteiger partial charge >= 0.3 is 0 Å². The van der Waals surface area contributed by atoms with E-state index < -0.39 is 0 Å². The van der Waals surface area contributed by atoms with Crippen molar-refractivity contribution in [2.24, 2.45) is 0 Å². The third-order valence-corrected chi connectivity index (χ3v) is 0.407. The lowest BCUT2D eigenvalue weighted by atomic mass is 10.4. The Morgan fingerprint density at radius 2 is 1.75 bits per heavy atom. The second-order valence-corrected chi connectivity index (χ2v) is 1.19. The number of aldehydes is 2. The highest BCUT2D eigenvalue weighted by atomic mass is 16.1. The third-order valence-electron chi connectivity index (χ3n) is 0.407. The van der Waals surface area contributed by atoms with E-state index in [0.29, 0.717) is 6.42 Å². The van der Waals surface area contributed by atoms with Crippen LogP contribution < -0.4 is 0 Å². The molecule has 0 bridgehead atoms. The van der Waals surface area contributed by atoms with Gasteiger partial charge in [0.1, 0.15) is 12.6 Å². The Morgan fingerprint density at radius 3 is 1.75 bits per heavy atom. The van der Waals surface area contributed by atoms with Crippen LogP contribution >= 0.6 is 0 Å². The van der Waals surface area contributed by atoms with E-state index in [1.165, 1.54) is 6.92 Å². The van der Waals surface area contributed by atoms with Crippen LogP contribution in [-0.2, 0) is 9.59 Å². The molecule has 0 saturated carbocycles. The van der Waals surface area contributed by atoms with Crippen LogP contribution in [0.5, 0.6) is 0 Å². The fraction of sp³-hybridized carbons (Fsp3) is 0.667. The first kappa shape index (κ1) is 10.3. The van der Waals surface area contributed by atoms with Crippen molar-refractivity contribution >= 4 is 12.6 Å². The summed E-state index contributed by atoms with van der Waals surface area (Å²) < 4.78 is 0. The minimum atomic E-state index is 0.708. The van der Waals surface area contributed by atoms with Gasteiger partial charge in [-0.05, 0) is 13.3 Å². The monoisotopic (exact) mass is 116 g/mol. The molecule has 0 heterocycles. The molecule has 0 aliphatic rings. The van der Waals surface area contributed by atoms with Gasteiger partial charge in [0.2, 0.25) is 0 Å². The van der Waals surface area contributed by atoms with E-state index in [1.807, 2.05) is 6.92 Å². The molecule has 0 rings (SSSR count). The van der Waals surface area contributed by atoms with Crippen LogP contribution in [-0.4, -0.2) is 12.6 Å². The molecule has 48 valence electrons. The minimum absolute atomic E-state index is 0.708. The summed E-state index contributed by atoms with van der Waals surface area (Å²) in [4.78, 5) is 18.2. The summed E-state index contributed by atoms with van der Waals surface area (Å²) in [5.74, 6) is 0. The second-order valence-electron chi connectivity index (χ2n) is 1.19. The molecule has 2 nitrogen and oxygen atoms in total. The highest BCUT2D eigenvalue weighted by molar-refractivity contribution is 5.48. The second kappa shape index (κ2) is 16.2. The van der Waals surface area contributed by atoms with Gasteiger partial charge in [0.05, 0.1) is 0 Å². The van der Waals surface area contributed by atoms with Crippen LogP contribution in [0.3, 0.4) is 0 Å². The van der Waals surface area contributed by atoms with Gasteiger partial charge < -0.3 is 9.59 Å². The van der Waals surface area contributed by atoms with E-state index >= 15 is 0 Å². The van der Waals surface area contributed by atoms with Crippen molar-refractivity contribution in [3.8, 4) is 0 Å². The van der Waals surface area contributed by atoms with Crippen LogP contribution in [0.4, 0.5) is 0 Å². The number of carbonyl (C=O) groups excluding carboxylic acids is 2. The fourth-order valence-corrected chi connectivity index (χ4v) is 0.118. The molecule has 0 aromatic heterocycles. The Kier molecular flexibility index (Phi) is 21.0. The Morgan fingerprint density at radius 1 is 1.38 bits per heavy atom. The molecule has 0 radical (unpaired) electrons. The van der Waals surface area contributed by atoms with Crippen LogP contribution in [0.15, 0.2) is 0 Å². The van der Waals surface area contributed by atoms with Gasteiger partial charge in [0.25, 0.3) is 0 Å². The summed E-state index contributed by atoms with van der Waals surface area (Å²) >= 11 is 0. The summed E-state index contributed by atoms with van der Waals surface area (Å²) in [6.45, 7) is 3.42. The number of carbonyl (C=O) groups is 2. The maximum absolute atomic E-state index is 9.40. The van der Waals surface area contributed by atoms with E-state index in [9.17, 15) is 4.79 Å². The van der Waals surface area contributed by atoms with Gasteiger partial charge in [-0.1, -0.05) is 6.92 Å². The number of rotatable bonds is 2. The maximum atomic E-state index is 9.40. The number of hydrogen-bond acceptors (Lipinski definition) is 2. The first-order valence-corrected chi connectivity index (χ1v) is 2.66. The van der Waals surface area contributed by atoms with Gasteiger partial charge in [-0.2, -0.15) is 0 Å². The maximum Gasteiger partial charge on any atom is 0.119 e. The van der Waals surface area contributed by atoms with E-state index in [0.717, 1.165) is 19.0 Å². The molecular weight excluding hydrogens is 104 g/mol. The number of unbranched alkanes of at least 4 members (excludes halogenated alkanes) is 1. The summed E-state index contributed by atoms with van der Waals surface area (Å²) in [6, 6.07) is 0. The van der Waals surface area contributed by atoms with Crippen molar-refractivity contribution in [2.45, 2.75) is 26.7 Å². The SMILES string of the molecule is CC=O.CCCC=O. The van der Waals surface area contributed by atoms with Gasteiger partial charge in [-0.3, -0.25) is 0 Å². The smallest absolute Gasteiger partial charge is 0.119 e. The highest BCUT2D eigenvalue weighted by Gasteiger charge is 1.66. The zero-order chi connectivity index (χ0) is 6.83. The predicted molar refractivity (Wildman–Crippen MR) is 32.7 cm³/mol. The van der Waals surface area contributed by atoms with Gasteiger partial charge in [-0.25, -0.2) is 0 Å². The summed E-state index contributed by atoms with van der Waals surface area (Å²) in [6.07, 6.45) is 3.36. The lowest BCUT2D eigenvalue weighted by Gasteiger charge is -1.68. The van der Waals surface area contributed by atoms with Crippen molar-refractivity contribution in [1.29, 1.82) is 0 Å². The average Bonchev–Trinajstić information content (AvgIpc) is 1.71. The van der Waals surface area contributed by atoms with Crippen molar-refractivity contribution in [1.82, 2.24) is 0 Å². The predicted octanol–water partition coefficient (Wildman–Crippen LogP) is 1.19. The Bertz CT molecular complexity index is 50.5. The molecule has 0 aliphatic heterocycles. The van der Waals surface area contributed by atoms with E-state index in [-0.39, 0.29) is 0 Å². The summed E-state index contributed by atoms with van der Waals surface area (Å²) in [5.41, 5.74) is 0. The molecule has 0 atom stereocenters. The molecule has 0 N–H and O–H groups in total. The molecular formula is C6H12O2. The van der Waals surface area contributed by atoms with Crippen molar-refractivity contribution < 1.29 is 9.59 Å². The van der Waals surface area contributed by atoms with E-state index in [4.69, 9.17) is 4.79 Å². The first-order valence-electron chi connectivity index (χ1n) is 2.66. The quantitative estimate of drug-likeness (QED) is 0.508. The van der Waals surface area contributed by atoms with Crippen LogP contribution in [0.1, 0.15) is 26.7 Å². The molecule has 0 aliphatic carbocycles.